The maximum Gasteiger partial charge on any atom is 0.0316 e. The number of anilines is 2. The maximum absolute atomic E-state index is 6.17. The van der Waals surface area contributed by atoms with Crippen LogP contribution < -0.4 is 11.5 Å². The molecule has 0 heterocycles. The molecule has 2 atom stereocenters. The highest BCUT2D eigenvalue weighted by Gasteiger charge is 2.41. The number of aryl methyl sites for hydroxylation is 2. The first kappa shape index (κ1) is 35.8. The molecule has 1 fully saturated rings. The van der Waals surface area contributed by atoms with Gasteiger partial charge in [0.25, 0.3) is 0 Å². The van der Waals surface area contributed by atoms with Gasteiger partial charge in [-0.1, -0.05) is 133 Å². The zero-order valence-corrected chi connectivity index (χ0v) is 30.7. The summed E-state index contributed by atoms with van der Waals surface area (Å²) in [4.78, 5) is 0. The lowest BCUT2D eigenvalue weighted by molar-refractivity contribution is 0.224. The van der Waals surface area contributed by atoms with Crippen LogP contribution in [0.4, 0.5) is 11.4 Å². The van der Waals surface area contributed by atoms with Crippen LogP contribution >= 0.6 is 0 Å². The second-order valence-corrected chi connectivity index (χ2v) is 14.9. The topological polar surface area (TPSA) is 52.0 Å². The molecule has 4 aromatic rings. The maximum atomic E-state index is 6.17. The second kappa shape index (κ2) is 16.7. The minimum absolute atomic E-state index is 0.0261. The van der Waals surface area contributed by atoms with Crippen molar-refractivity contribution < 1.29 is 0 Å². The van der Waals surface area contributed by atoms with Crippen LogP contribution in [-0.4, -0.2) is 0 Å². The van der Waals surface area contributed by atoms with E-state index in [1.807, 2.05) is 0 Å². The lowest BCUT2D eigenvalue weighted by Crippen LogP contribution is -2.38. The van der Waals surface area contributed by atoms with E-state index in [9.17, 15) is 0 Å². The number of hydrogen-bond acceptors (Lipinski definition) is 2. The van der Waals surface area contributed by atoms with Crippen LogP contribution in [0.5, 0.6) is 0 Å². The normalized spacial score (nSPS) is 16.4. The fourth-order valence-corrected chi connectivity index (χ4v) is 9.15. The molecular formula is C46H62N2. The number of nitrogen functional groups attached to an aromatic ring is 2. The smallest absolute Gasteiger partial charge is 0.0316 e. The van der Waals surface area contributed by atoms with Crippen molar-refractivity contribution in [2.75, 3.05) is 11.5 Å². The molecule has 0 aliphatic heterocycles. The Labute approximate surface area is 292 Å². The number of rotatable bonds is 15. The minimum atomic E-state index is 0.0261. The van der Waals surface area contributed by atoms with Gasteiger partial charge >= 0.3 is 0 Å². The molecule has 1 aliphatic carbocycles. The molecule has 256 valence electrons. The van der Waals surface area contributed by atoms with E-state index in [1.165, 1.54) is 115 Å². The van der Waals surface area contributed by atoms with E-state index >= 15 is 0 Å². The Bertz CT molecular complexity index is 1470. The van der Waals surface area contributed by atoms with Crippen molar-refractivity contribution in [3.05, 3.63) is 129 Å². The summed E-state index contributed by atoms with van der Waals surface area (Å²) in [6.07, 6.45) is 16.2. The molecule has 4 N–H and O–H groups in total. The third-order valence-electron chi connectivity index (χ3n) is 11.6. The fourth-order valence-electron chi connectivity index (χ4n) is 9.15. The summed E-state index contributed by atoms with van der Waals surface area (Å²) in [5.74, 6) is 1.45. The Morgan fingerprint density at radius 1 is 0.583 bits per heavy atom. The quantitative estimate of drug-likeness (QED) is 0.127. The summed E-state index contributed by atoms with van der Waals surface area (Å²) in [5.41, 5.74) is 25.4. The van der Waals surface area contributed by atoms with Crippen molar-refractivity contribution in [2.45, 2.75) is 135 Å². The van der Waals surface area contributed by atoms with Gasteiger partial charge in [-0.25, -0.2) is 0 Å². The van der Waals surface area contributed by atoms with Crippen molar-refractivity contribution in [3.8, 4) is 0 Å². The molecular weight excluding hydrogens is 581 g/mol. The lowest BCUT2D eigenvalue weighted by atomic mass is 9.59. The number of nitrogens with two attached hydrogens (primary N) is 2. The first-order valence-electron chi connectivity index (χ1n) is 19.2. The molecule has 0 radical (unpaired) electrons. The van der Waals surface area contributed by atoms with Gasteiger partial charge in [0, 0.05) is 28.6 Å². The SMILES string of the molecule is CCCCC(c1ccc(C(CCC)(c2ccc(C(CCCC)c3ccc(N)cc3C)cc2)C2CCCCC2)cc1)c1ccc(N)cc1C. The van der Waals surface area contributed by atoms with Gasteiger partial charge in [0.05, 0.1) is 0 Å². The minimum Gasteiger partial charge on any atom is -0.399 e. The molecule has 1 aliphatic rings. The van der Waals surface area contributed by atoms with Crippen LogP contribution in [0.2, 0.25) is 0 Å². The van der Waals surface area contributed by atoms with Crippen LogP contribution in [0.3, 0.4) is 0 Å². The van der Waals surface area contributed by atoms with Crippen LogP contribution in [0, 0.1) is 19.8 Å². The van der Waals surface area contributed by atoms with E-state index in [0.717, 1.165) is 24.2 Å². The third-order valence-corrected chi connectivity index (χ3v) is 11.6. The average molecular weight is 643 g/mol. The average Bonchev–Trinajstić information content (AvgIpc) is 3.10. The van der Waals surface area contributed by atoms with E-state index in [1.54, 1.807) is 0 Å². The molecule has 48 heavy (non-hydrogen) atoms. The van der Waals surface area contributed by atoms with Gasteiger partial charge in [0.15, 0.2) is 0 Å². The molecule has 5 rings (SSSR count). The van der Waals surface area contributed by atoms with Crippen molar-refractivity contribution in [1.29, 1.82) is 0 Å². The predicted octanol–water partition coefficient (Wildman–Crippen LogP) is 12.8. The summed E-state index contributed by atoms with van der Waals surface area (Å²) >= 11 is 0. The Morgan fingerprint density at radius 2 is 1.02 bits per heavy atom. The Hall–Kier alpha value is -3.52. The highest BCUT2D eigenvalue weighted by molar-refractivity contribution is 5.51. The molecule has 0 bridgehead atoms. The van der Waals surface area contributed by atoms with Crippen LogP contribution in [0.1, 0.15) is 161 Å². The van der Waals surface area contributed by atoms with Crippen molar-refractivity contribution in [3.63, 3.8) is 0 Å². The highest BCUT2D eigenvalue weighted by Crippen LogP contribution is 2.50. The van der Waals surface area contributed by atoms with Crippen LogP contribution in [0.15, 0.2) is 84.9 Å². The van der Waals surface area contributed by atoms with Gasteiger partial charge < -0.3 is 11.5 Å². The van der Waals surface area contributed by atoms with Crippen LogP contribution in [0.25, 0.3) is 0 Å². The fraction of sp³-hybridized carbons (Fsp3) is 0.478. The number of hydrogen-bond donors (Lipinski definition) is 2. The largest absolute Gasteiger partial charge is 0.399 e. The molecule has 1 saturated carbocycles. The van der Waals surface area contributed by atoms with Crippen LogP contribution in [-0.2, 0) is 5.41 Å². The summed E-state index contributed by atoms with van der Waals surface area (Å²) in [6, 6.07) is 32.9. The van der Waals surface area contributed by atoms with Gasteiger partial charge in [0.1, 0.15) is 0 Å². The third kappa shape index (κ3) is 7.85. The molecule has 0 aromatic heterocycles. The summed E-state index contributed by atoms with van der Waals surface area (Å²) < 4.78 is 0. The molecule has 2 nitrogen and oxygen atoms in total. The zero-order chi connectivity index (χ0) is 34.1. The van der Waals surface area contributed by atoms with Crippen molar-refractivity contribution in [2.24, 2.45) is 5.92 Å². The van der Waals surface area contributed by atoms with Gasteiger partial charge in [0.2, 0.25) is 0 Å². The number of benzene rings is 4. The zero-order valence-electron chi connectivity index (χ0n) is 30.7. The molecule has 0 amide bonds. The summed E-state index contributed by atoms with van der Waals surface area (Å²) in [5, 5.41) is 0. The molecule has 2 heteroatoms. The second-order valence-electron chi connectivity index (χ2n) is 14.9. The summed E-state index contributed by atoms with van der Waals surface area (Å²) in [7, 11) is 0. The molecule has 0 spiro atoms. The van der Waals surface area contributed by atoms with Gasteiger partial charge in [-0.2, -0.15) is 0 Å². The van der Waals surface area contributed by atoms with Crippen molar-refractivity contribution >= 4 is 11.4 Å². The van der Waals surface area contributed by atoms with Gasteiger partial charge in [-0.05, 0) is 121 Å². The Morgan fingerprint density at radius 3 is 1.40 bits per heavy atom. The highest BCUT2D eigenvalue weighted by atomic mass is 14.5. The van der Waals surface area contributed by atoms with E-state index < -0.39 is 0 Å². The van der Waals surface area contributed by atoms with E-state index in [4.69, 9.17) is 11.5 Å². The molecule has 2 unspecified atom stereocenters. The van der Waals surface area contributed by atoms with Gasteiger partial charge in [-0.3, -0.25) is 0 Å². The molecule has 4 aromatic carbocycles. The van der Waals surface area contributed by atoms with E-state index in [-0.39, 0.29) is 5.41 Å². The standard InChI is InChI=1S/C46H62N2/c1-6-9-16-44(42-28-26-40(47)31-33(42)4)35-18-22-38(23-19-35)46(30-8-3,37-14-12-11-13-15-37)39-24-20-36(21-25-39)45(17-10-7-2)43-29-27-41(48)32-34(43)5/h18-29,31-32,37,44-45H,6-17,30,47-48H2,1-5H3. The molecule has 0 saturated heterocycles. The Balaban J connectivity index is 1.57. The van der Waals surface area contributed by atoms with E-state index in [2.05, 4.69) is 120 Å². The van der Waals surface area contributed by atoms with E-state index in [0.29, 0.717) is 17.8 Å². The monoisotopic (exact) mass is 642 g/mol. The van der Waals surface area contributed by atoms with Gasteiger partial charge in [-0.15, -0.1) is 0 Å². The lowest BCUT2D eigenvalue weighted by Gasteiger charge is -2.44. The first-order chi connectivity index (χ1) is 23.3. The summed E-state index contributed by atoms with van der Waals surface area (Å²) in [6.45, 7) is 11.4. The predicted molar refractivity (Wildman–Crippen MR) is 209 cm³/mol. The first-order valence-corrected chi connectivity index (χ1v) is 19.2. The number of unbranched alkanes of at least 4 members (excludes halogenated alkanes) is 2. The Kier molecular flexibility index (Phi) is 12.5. The van der Waals surface area contributed by atoms with Crippen molar-refractivity contribution in [1.82, 2.24) is 0 Å².